The van der Waals surface area contributed by atoms with Crippen molar-refractivity contribution in [3.05, 3.63) is 77.9 Å². The van der Waals surface area contributed by atoms with E-state index in [2.05, 4.69) is 10.6 Å². The average molecular weight is 404 g/mol. The topological polar surface area (TPSA) is 85.9 Å². The van der Waals surface area contributed by atoms with E-state index in [0.29, 0.717) is 46.4 Å². The first-order valence-corrected chi connectivity index (χ1v) is 9.49. The van der Waals surface area contributed by atoms with Gasteiger partial charge >= 0.3 is 0 Å². The molecule has 0 atom stereocenters. The molecule has 152 valence electrons. The Morgan fingerprint density at radius 1 is 0.867 bits per heavy atom. The molecule has 0 saturated heterocycles. The summed E-state index contributed by atoms with van der Waals surface area (Å²) in [5.41, 5.74) is 1.68. The normalized spacial score (nSPS) is 11.6. The van der Waals surface area contributed by atoms with E-state index in [1.165, 1.54) is 0 Å². The Labute approximate surface area is 173 Å². The minimum atomic E-state index is -0.359. The molecule has 4 rings (SSSR count). The fourth-order valence-electron chi connectivity index (χ4n) is 3.09. The summed E-state index contributed by atoms with van der Waals surface area (Å²) in [4.78, 5) is 25.7. The maximum atomic E-state index is 12.9. The molecule has 3 aromatic carbocycles. The Morgan fingerprint density at radius 3 is 2.40 bits per heavy atom. The summed E-state index contributed by atoms with van der Waals surface area (Å²) in [6.07, 6.45) is 0. The van der Waals surface area contributed by atoms with Crippen LogP contribution in [0.15, 0.2) is 66.7 Å². The minimum absolute atomic E-state index is 0.158. The van der Waals surface area contributed by atoms with E-state index in [-0.39, 0.29) is 18.6 Å². The second-order valence-corrected chi connectivity index (χ2v) is 6.45. The van der Waals surface area contributed by atoms with Crippen LogP contribution in [-0.4, -0.2) is 25.2 Å². The van der Waals surface area contributed by atoms with Crippen molar-refractivity contribution < 1.29 is 23.8 Å². The second kappa shape index (κ2) is 8.57. The fourth-order valence-corrected chi connectivity index (χ4v) is 3.09. The number of amides is 2. The molecule has 0 aliphatic carbocycles. The lowest BCUT2D eigenvalue weighted by Gasteiger charge is -2.13. The van der Waals surface area contributed by atoms with Gasteiger partial charge in [-0.2, -0.15) is 0 Å². The first kappa shape index (κ1) is 19.3. The van der Waals surface area contributed by atoms with Crippen molar-refractivity contribution in [2.45, 2.75) is 6.92 Å². The van der Waals surface area contributed by atoms with E-state index < -0.39 is 0 Å². The van der Waals surface area contributed by atoms with Crippen molar-refractivity contribution >= 4 is 23.2 Å². The van der Waals surface area contributed by atoms with Gasteiger partial charge in [-0.15, -0.1) is 0 Å². The number of benzene rings is 3. The fraction of sp³-hybridized carbons (Fsp3) is 0.130. The Balaban J connectivity index is 1.54. The van der Waals surface area contributed by atoms with Gasteiger partial charge in [-0.25, -0.2) is 0 Å². The van der Waals surface area contributed by atoms with Crippen molar-refractivity contribution in [2.24, 2.45) is 0 Å². The number of nitrogens with one attached hydrogen (secondary N) is 2. The number of carbonyl (C=O) groups excluding carboxylic acids is 2. The first-order chi connectivity index (χ1) is 14.7. The van der Waals surface area contributed by atoms with Gasteiger partial charge in [0.25, 0.3) is 11.8 Å². The Hall–Kier alpha value is -4.00. The largest absolute Gasteiger partial charge is 0.493 e. The highest BCUT2D eigenvalue weighted by molar-refractivity contribution is 6.13. The highest BCUT2D eigenvalue weighted by Gasteiger charge is 2.18. The number of rotatable bonds is 6. The van der Waals surface area contributed by atoms with E-state index in [1.807, 2.05) is 6.92 Å². The zero-order valence-corrected chi connectivity index (χ0v) is 16.3. The van der Waals surface area contributed by atoms with Crippen molar-refractivity contribution in [1.82, 2.24) is 0 Å². The molecule has 1 aliphatic heterocycles. The van der Waals surface area contributed by atoms with Gasteiger partial charge in [-0.05, 0) is 43.3 Å². The molecular weight excluding hydrogens is 384 g/mol. The monoisotopic (exact) mass is 404 g/mol. The molecule has 0 unspecified atom stereocenters. The minimum Gasteiger partial charge on any atom is -0.493 e. The van der Waals surface area contributed by atoms with Gasteiger partial charge in [0, 0.05) is 11.8 Å². The average Bonchev–Trinajstić information content (AvgIpc) is 3.22. The number of hydrogen-bond donors (Lipinski definition) is 2. The lowest BCUT2D eigenvalue weighted by atomic mass is 10.1. The standard InChI is InChI=1S/C23H20N2O5/c1-2-28-19-10-6-4-8-17(19)23(27)25-18-9-5-3-7-16(18)22(26)24-15-11-12-20-21(13-15)30-14-29-20/h3-13H,2,14H2,1H3,(H,24,26)(H,25,27). The summed E-state index contributed by atoms with van der Waals surface area (Å²) >= 11 is 0. The van der Waals surface area contributed by atoms with Gasteiger partial charge in [0.2, 0.25) is 6.79 Å². The summed E-state index contributed by atoms with van der Waals surface area (Å²) < 4.78 is 16.1. The van der Waals surface area contributed by atoms with Crippen LogP contribution in [0.25, 0.3) is 0 Å². The van der Waals surface area contributed by atoms with Crippen LogP contribution in [0.2, 0.25) is 0 Å². The molecule has 0 fully saturated rings. The lowest BCUT2D eigenvalue weighted by Crippen LogP contribution is -2.18. The Morgan fingerprint density at radius 2 is 1.57 bits per heavy atom. The van der Waals surface area contributed by atoms with Crippen molar-refractivity contribution in [3.8, 4) is 17.2 Å². The number of hydrogen-bond acceptors (Lipinski definition) is 5. The summed E-state index contributed by atoms with van der Waals surface area (Å²) in [6.45, 7) is 2.45. The molecule has 30 heavy (non-hydrogen) atoms. The van der Waals surface area contributed by atoms with Gasteiger partial charge in [-0.3, -0.25) is 9.59 Å². The maximum Gasteiger partial charge on any atom is 0.259 e. The van der Waals surface area contributed by atoms with Crippen LogP contribution < -0.4 is 24.8 Å². The van der Waals surface area contributed by atoms with Crippen LogP contribution in [0.3, 0.4) is 0 Å². The number of carbonyl (C=O) groups is 2. The Kier molecular flexibility index (Phi) is 5.52. The van der Waals surface area contributed by atoms with Gasteiger partial charge in [0.1, 0.15) is 5.75 Å². The predicted octanol–water partition coefficient (Wildman–Crippen LogP) is 4.32. The summed E-state index contributed by atoms with van der Waals surface area (Å²) in [7, 11) is 0. The molecule has 2 amide bonds. The molecule has 0 aromatic heterocycles. The third-order valence-electron chi connectivity index (χ3n) is 4.48. The van der Waals surface area contributed by atoms with E-state index in [4.69, 9.17) is 14.2 Å². The Bertz CT molecular complexity index is 1100. The summed E-state index contributed by atoms with van der Waals surface area (Å²) in [6, 6.07) is 18.9. The molecule has 2 N–H and O–H groups in total. The van der Waals surface area contributed by atoms with Gasteiger partial charge in [0.05, 0.1) is 23.4 Å². The smallest absolute Gasteiger partial charge is 0.259 e. The summed E-state index contributed by atoms with van der Waals surface area (Å²) in [5.74, 6) is 0.973. The predicted molar refractivity (Wildman–Crippen MR) is 113 cm³/mol. The van der Waals surface area contributed by atoms with E-state index in [9.17, 15) is 9.59 Å². The van der Waals surface area contributed by atoms with E-state index in [1.54, 1.807) is 66.7 Å². The molecule has 0 spiro atoms. The molecule has 7 heteroatoms. The van der Waals surface area contributed by atoms with Crippen LogP contribution in [-0.2, 0) is 0 Å². The third kappa shape index (κ3) is 4.05. The van der Waals surface area contributed by atoms with Crippen molar-refractivity contribution in [2.75, 3.05) is 24.0 Å². The zero-order chi connectivity index (χ0) is 20.9. The van der Waals surface area contributed by atoms with E-state index in [0.717, 1.165) is 0 Å². The third-order valence-corrected chi connectivity index (χ3v) is 4.48. The molecule has 0 bridgehead atoms. The highest BCUT2D eigenvalue weighted by atomic mass is 16.7. The lowest BCUT2D eigenvalue weighted by molar-refractivity contribution is 0.102. The molecule has 7 nitrogen and oxygen atoms in total. The number of anilines is 2. The quantitative estimate of drug-likeness (QED) is 0.639. The van der Waals surface area contributed by atoms with Crippen molar-refractivity contribution in [3.63, 3.8) is 0 Å². The zero-order valence-electron chi connectivity index (χ0n) is 16.3. The summed E-state index contributed by atoms with van der Waals surface area (Å²) in [5, 5.41) is 5.63. The highest BCUT2D eigenvalue weighted by Crippen LogP contribution is 2.34. The van der Waals surface area contributed by atoms with Gasteiger partial charge in [0.15, 0.2) is 11.5 Å². The molecule has 0 radical (unpaired) electrons. The molecular formula is C23H20N2O5. The number of fused-ring (bicyclic) bond motifs is 1. The van der Waals surface area contributed by atoms with Crippen LogP contribution in [0, 0.1) is 0 Å². The number of ether oxygens (including phenoxy) is 3. The van der Waals surface area contributed by atoms with Crippen LogP contribution in [0.4, 0.5) is 11.4 Å². The van der Waals surface area contributed by atoms with Gasteiger partial charge < -0.3 is 24.8 Å². The number of para-hydroxylation sites is 2. The molecule has 1 aliphatic rings. The first-order valence-electron chi connectivity index (χ1n) is 9.49. The van der Waals surface area contributed by atoms with Gasteiger partial charge in [-0.1, -0.05) is 24.3 Å². The molecule has 1 heterocycles. The molecule has 3 aromatic rings. The van der Waals surface area contributed by atoms with Crippen LogP contribution in [0.1, 0.15) is 27.6 Å². The van der Waals surface area contributed by atoms with Crippen LogP contribution >= 0.6 is 0 Å². The van der Waals surface area contributed by atoms with Crippen LogP contribution in [0.5, 0.6) is 17.2 Å². The maximum absolute atomic E-state index is 12.9. The molecule has 0 saturated carbocycles. The van der Waals surface area contributed by atoms with E-state index >= 15 is 0 Å². The second-order valence-electron chi connectivity index (χ2n) is 6.45. The van der Waals surface area contributed by atoms with Crippen molar-refractivity contribution in [1.29, 1.82) is 0 Å². The SMILES string of the molecule is CCOc1ccccc1C(=O)Nc1ccccc1C(=O)Nc1ccc2c(c1)OCO2.